The van der Waals surface area contributed by atoms with Gasteiger partial charge in [0.05, 0.1) is 11.1 Å². The zero-order valence-corrected chi connectivity index (χ0v) is 6.53. The van der Waals surface area contributed by atoms with Crippen LogP contribution < -0.4 is 0 Å². The molecule has 0 unspecified atom stereocenters. The average Bonchev–Trinajstić information content (AvgIpc) is 2.01. The summed E-state index contributed by atoms with van der Waals surface area (Å²) in [5, 5.41) is 0. The van der Waals surface area contributed by atoms with E-state index in [0.717, 1.165) is 0 Å². The smallest absolute Gasteiger partial charge is 0.255 e. The Morgan fingerprint density at radius 1 is 1.21 bits per heavy atom. The summed E-state index contributed by atoms with van der Waals surface area (Å²) in [6.45, 7) is 0. The first-order chi connectivity index (χ1) is 6.32. The molecule has 1 nitrogen and oxygen atoms in total. The molecule has 76 valence electrons. The maximum absolute atomic E-state index is 12.4. The predicted octanol–water partition coefficient (Wildman–Crippen LogP) is 2.95. The highest BCUT2D eigenvalue weighted by Crippen LogP contribution is 2.32. The fourth-order valence-corrected chi connectivity index (χ4v) is 0.922. The van der Waals surface area contributed by atoms with Gasteiger partial charge in [-0.15, -0.1) is 0 Å². The average molecular weight is 210 g/mol. The molecule has 6 heteroatoms. The Bertz CT molecular complexity index is 368. The lowest BCUT2D eigenvalue weighted by Gasteiger charge is -2.09. The second-order valence-corrected chi connectivity index (χ2v) is 2.46. The van der Waals surface area contributed by atoms with E-state index < -0.39 is 29.2 Å². The van der Waals surface area contributed by atoms with Gasteiger partial charge in [0.1, 0.15) is 5.82 Å². The highest BCUT2D eigenvalue weighted by atomic mass is 19.4. The number of benzene rings is 1. The number of carbonyl (C=O) groups is 1. The van der Waals surface area contributed by atoms with Gasteiger partial charge in [0.2, 0.25) is 0 Å². The molecule has 0 aliphatic rings. The first-order valence-corrected chi connectivity index (χ1v) is 3.39. The number of hydrogen-bond acceptors (Lipinski definition) is 1. The van der Waals surface area contributed by atoms with Crippen molar-refractivity contribution in [3.8, 4) is 0 Å². The van der Waals surface area contributed by atoms with Crippen LogP contribution in [-0.2, 0) is 6.18 Å². The maximum atomic E-state index is 12.4. The predicted molar refractivity (Wildman–Crippen MR) is 36.8 cm³/mol. The highest BCUT2D eigenvalue weighted by Gasteiger charge is 2.35. The molecule has 0 aliphatic carbocycles. The standard InChI is InChI=1S/C8H3F5O/c9-4-1-2-5(7(10)14)6(3-4)8(11,12)13/h1-3H. The molecule has 0 N–H and O–H groups in total. The molecule has 0 aliphatic heterocycles. The van der Waals surface area contributed by atoms with Crippen molar-refractivity contribution < 1.29 is 26.7 Å². The van der Waals surface area contributed by atoms with Crippen LogP contribution in [0.15, 0.2) is 18.2 Å². The fraction of sp³-hybridized carbons (Fsp3) is 0.125. The summed E-state index contributed by atoms with van der Waals surface area (Å²) in [4.78, 5) is 10.1. The molecule has 0 saturated heterocycles. The van der Waals surface area contributed by atoms with E-state index in [1.807, 2.05) is 0 Å². The van der Waals surface area contributed by atoms with Crippen LogP contribution in [0.1, 0.15) is 15.9 Å². The summed E-state index contributed by atoms with van der Waals surface area (Å²) < 4.78 is 60.8. The zero-order chi connectivity index (χ0) is 10.9. The van der Waals surface area contributed by atoms with Crippen LogP contribution in [0.4, 0.5) is 22.0 Å². The topological polar surface area (TPSA) is 17.1 Å². The molecule has 0 spiro atoms. The monoisotopic (exact) mass is 210 g/mol. The molecule has 0 atom stereocenters. The SMILES string of the molecule is O=C(F)c1ccc(F)cc1C(F)(F)F. The summed E-state index contributed by atoms with van der Waals surface area (Å²) in [7, 11) is 0. The Balaban J connectivity index is 3.38. The first kappa shape index (κ1) is 10.6. The van der Waals surface area contributed by atoms with E-state index in [9.17, 15) is 26.7 Å². The number of carbonyl (C=O) groups excluding carboxylic acids is 1. The van der Waals surface area contributed by atoms with Gasteiger partial charge in [-0.25, -0.2) is 4.39 Å². The van der Waals surface area contributed by atoms with Crippen LogP contribution in [0.5, 0.6) is 0 Å². The lowest BCUT2D eigenvalue weighted by atomic mass is 10.1. The largest absolute Gasteiger partial charge is 0.417 e. The molecule has 0 heterocycles. The van der Waals surface area contributed by atoms with Gasteiger partial charge in [0.25, 0.3) is 0 Å². The summed E-state index contributed by atoms with van der Waals surface area (Å²) in [5.74, 6) is -1.18. The molecular weight excluding hydrogens is 207 g/mol. The molecule has 1 aromatic rings. The van der Waals surface area contributed by atoms with Crippen LogP contribution in [0.25, 0.3) is 0 Å². The highest BCUT2D eigenvalue weighted by molar-refractivity contribution is 5.90. The number of hydrogen-bond donors (Lipinski definition) is 0. The van der Waals surface area contributed by atoms with E-state index in [1.165, 1.54) is 0 Å². The van der Waals surface area contributed by atoms with Crippen molar-refractivity contribution in [3.63, 3.8) is 0 Å². The van der Waals surface area contributed by atoms with Crippen molar-refractivity contribution in [3.05, 3.63) is 35.1 Å². The van der Waals surface area contributed by atoms with Gasteiger partial charge in [-0.2, -0.15) is 17.6 Å². The molecule has 0 fully saturated rings. The molecule has 0 aromatic heterocycles. The molecule has 0 bridgehead atoms. The number of rotatable bonds is 1. The molecule has 1 aromatic carbocycles. The summed E-state index contributed by atoms with van der Waals surface area (Å²) in [6.07, 6.45) is -4.95. The van der Waals surface area contributed by atoms with E-state index in [0.29, 0.717) is 12.1 Å². The van der Waals surface area contributed by atoms with E-state index >= 15 is 0 Å². The second kappa shape index (κ2) is 3.36. The Morgan fingerprint density at radius 3 is 2.21 bits per heavy atom. The van der Waals surface area contributed by atoms with E-state index in [1.54, 1.807) is 0 Å². The molecule has 14 heavy (non-hydrogen) atoms. The molecule has 0 radical (unpaired) electrons. The van der Waals surface area contributed by atoms with Crippen molar-refractivity contribution in [2.24, 2.45) is 0 Å². The van der Waals surface area contributed by atoms with Crippen LogP contribution in [0.3, 0.4) is 0 Å². The van der Waals surface area contributed by atoms with Gasteiger partial charge in [-0.05, 0) is 18.2 Å². The van der Waals surface area contributed by atoms with E-state index in [2.05, 4.69) is 0 Å². The third-order valence-electron chi connectivity index (χ3n) is 1.50. The Labute approximate surface area is 75.2 Å². The van der Waals surface area contributed by atoms with E-state index in [4.69, 9.17) is 0 Å². The van der Waals surface area contributed by atoms with Crippen molar-refractivity contribution in [1.82, 2.24) is 0 Å². The van der Waals surface area contributed by atoms with E-state index in [-0.39, 0.29) is 6.07 Å². The van der Waals surface area contributed by atoms with Gasteiger partial charge in [-0.1, -0.05) is 0 Å². The molecular formula is C8H3F5O. The maximum Gasteiger partial charge on any atom is 0.417 e. The molecule has 0 amide bonds. The molecule has 1 rings (SSSR count). The van der Waals surface area contributed by atoms with Crippen LogP contribution in [0, 0.1) is 5.82 Å². The fourth-order valence-electron chi connectivity index (χ4n) is 0.922. The third kappa shape index (κ3) is 2.07. The minimum atomic E-state index is -4.95. The first-order valence-electron chi connectivity index (χ1n) is 3.39. The van der Waals surface area contributed by atoms with Crippen molar-refractivity contribution in [2.45, 2.75) is 6.18 Å². The summed E-state index contributed by atoms with van der Waals surface area (Å²) >= 11 is 0. The van der Waals surface area contributed by atoms with Gasteiger partial charge in [0.15, 0.2) is 0 Å². The van der Waals surface area contributed by atoms with Crippen molar-refractivity contribution in [2.75, 3.05) is 0 Å². The van der Waals surface area contributed by atoms with Gasteiger partial charge in [-0.3, -0.25) is 4.79 Å². The van der Waals surface area contributed by atoms with Crippen LogP contribution >= 0.6 is 0 Å². The second-order valence-electron chi connectivity index (χ2n) is 2.46. The minimum Gasteiger partial charge on any atom is -0.255 e. The number of alkyl halides is 3. The zero-order valence-electron chi connectivity index (χ0n) is 6.53. The Morgan fingerprint density at radius 2 is 1.79 bits per heavy atom. The lowest BCUT2D eigenvalue weighted by Crippen LogP contribution is -2.11. The normalized spacial score (nSPS) is 11.5. The van der Waals surface area contributed by atoms with Gasteiger partial charge >= 0.3 is 12.2 Å². The van der Waals surface area contributed by atoms with Crippen molar-refractivity contribution in [1.29, 1.82) is 0 Å². The molecule has 0 saturated carbocycles. The minimum absolute atomic E-state index is 0.0762. The quantitative estimate of drug-likeness (QED) is 0.514. The van der Waals surface area contributed by atoms with Gasteiger partial charge < -0.3 is 0 Å². The van der Waals surface area contributed by atoms with Gasteiger partial charge in [0, 0.05) is 0 Å². The Hall–Kier alpha value is -1.46. The third-order valence-corrected chi connectivity index (χ3v) is 1.50. The lowest BCUT2D eigenvalue weighted by molar-refractivity contribution is -0.138. The Kier molecular flexibility index (Phi) is 2.55. The number of halogens is 5. The van der Waals surface area contributed by atoms with Crippen LogP contribution in [0.2, 0.25) is 0 Å². The van der Waals surface area contributed by atoms with Crippen LogP contribution in [-0.4, -0.2) is 6.04 Å². The summed E-state index contributed by atoms with van der Waals surface area (Å²) in [6, 6.07) is -1.12. The van der Waals surface area contributed by atoms with Crippen molar-refractivity contribution >= 4 is 6.04 Å². The summed E-state index contributed by atoms with van der Waals surface area (Å²) in [5.41, 5.74) is -2.79.